The summed E-state index contributed by atoms with van der Waals surface area (Å²) in [5.74, 6) is 0. The van der Waals surface area contributed by atoms with Gasteiger partial charge < -0.3 is 1.43 Å². The summed E-state index contributed by atoms with van der Waals surface area (Å²) in [5.41, 5.74) is -1.87. The molecule has 0 heterocycles. The van der Waals surface area contributed by atoms with Gasteiger partial charge in [0, 0.05) is 0 Å². The molecular formula is C25H52FNaO3S. The van der Waals surface area contributed by atoms with E-state index in [0.717, 1.165) is 25.7 Å². The standard InChI is InChI=1S/C25H51FO3S.Na.H/c1-3-5-7-9-11-13-14-15-16-18-20-22-24-29-30(27,28)25(26)23-21-19-17-12-10-8-6-4-2;;/h25H,3-24H2,1-2H3;;/q;+1;-1. The van der Waals surface area contributed by atoms with Crippen molar-refractivity contribution in [3.05, 3.63) is 0 Å². The minimum atomic E-state index is -4.05. The molecule has 0 radical (unpaired) electrons. The summed E-state index contributed by atoms with van der Waals surface area (Å²) < 4.78 is 42.6. The zero-order valence-electron chi connectivity index (χ0n) is 22.1. The fourth-order valence-electron chi connectivity index (χ4n) is 3.78. The Morgan fingerprint density at radius 1 is 0.613 bits per heavy atom. The van der Waals surface area contributed by atoms with Crippen LogP contribution in [-0.4, -0.2) is 20.5 Å². The van der Waals surface area contributed by atoms with E-state index >= 15 is 0 Å². The number of hydrogen-bond donors (Lipinski definition) is 0. The largest absolute Gasteiger partial charge is 1.00 e. The van der Waals surface area contributed by atoms with Gasteiger partial charge in [-0.05, 0) is 19.3 Å². The molecule has 3 nitrogen and oxygen atoms in total. The third-order valence-electron chi connectivity index (χ3n) is 5.84. The third kappa shape index (κ3) is 23.8. The topological polar surface area (TPSA) is 43.4 Å². The Bertz CT molecular complexity index is 452. The fraction of sp³-hybridized carbons (Fsp3) is 1.00. The molecule has 0 aromatic heterocycles. The molecule has 0 aliphatic heterocycles. The molecule has 6 heteroatoms. The van der Waals surface area contributed by atoms with Crippen LogP contribution in [0.25, 0.3) is 0 Å². The van der Waals surface area contributed by atoms with Crippen molar-refractivity contribution in [1.82, 2.24) is 0 Å². The molecule has 184 valence electrons. The van der Waals surface area contributed by atoms with E-state index in [0.29, 0.717) is 12.8 Å². The van der Waals surface area contributed by atoms with E-state index in [1.807, 2.05) is 0 Å². The first-order valence-corrected chi connectivity index (χ1v) is 14.5. The van der Waals surface area contributed by atoms with Crippen LogP contribution in [0.2, 0.25) is 0 Å². The second kappa shape index (κ2) is 25.5. The summed E-state index contributed by atoms with van der Waals surface area (Å²) in [6.45, 7) is 4.56. The van der Waals surface area contributed by atoms with E-state index in [1.165, 1.54) is 89.9 Å². The van der Waals surface area contributed by atoms with Crippen molar-refractivity contribution in [2.24, 2.45) is 0 Å². The van der Waals surface area contributed by atoms with E-state index in [1.54, 1.807) is 0 Å². The molecule has 0 bridgehead atoms. The van der Waals surface area contributed by atoms with Gasteiger partial charge in [0.2, 0.25) is 5.50 Å². The molecule has 0 aromatic rings. The summed E-state index contributed by atoms with van der Waals surface area (Å²) in [7, 11) is -4.05. The molecule has 0 aliphatic rings. The number of halogens is 1. The van der Waals surface area contributed by atoms with Crippen LogP contribution in [0.3, 0.4) is 0 Å². The molecule has 0 saturated carbocycles. The predicted molar refractivity (Wildman–Crippen MR) is 129 cm³/mol. The van der Waals surface area contributed by atoms with Crippen LogP contribution in [-0.2, 0) is 14.3 Å². The average molecular weight is 475 g/mol. The maximum absolute atomic E-state index is 14.0. The maximum atomic E-state index is 14.0. The van der Waals surface area contributed by atoms with Crippen molar-refractivity contribution in [3.63, 3.8) is 0 Å². The molecule has 0 fully saturated rings. The Labute approximate surface area is 218 Å². The summed E-state index contributed by atoms with van der Waals surface area (Å²) in [5, 5.41) is 0. The maximum Gasteiger partial charge on any atom is 1.00 e. The van der Waals surface area contributed by atoms with Crippen molar-refractivity contribution in [2.75, 3.05) is 6.61 Å². The molecule has 1 atom stereocenters. The Balaban J connectivity index is -0.00000420. The number of unbranched alkanes of at least 4 members (excludes halogenated alkanes) is 18. The van der Waals surface area contributed by atoms with E-state index in [2.05, 4.69) is 13.8 Å². The van der Waals surface area contributed by atoms with Gasteiger partial charge in [0.25, 0.3) is 10.1 Å². The van der Waals surface area contributed by atoms with Gasteiger partial charge in [-0.3, -0.25) is 4.18 Å². The van der Waals surface area contributed by atoms with Crippen LogP contribution >= 0.6 is 0 Å². The molecule has 0 rings (SSSR count). The van der Waals surface area contributed by atoms with Crippen molar-refractivity contribution in [1.29, 1.82) is 0 Å². The van der Waals surface area contributed by atoms with Gasteiger partial charge in [0.05, 0.1) is 6.61 Å². The molecule has 0 aliphatic carbocycles. The van der Waals surface area contributed by atoms with Crippen molar-refractivity contribution in [3.8, 4) is 0 Å². The van der Waals surface area contributed by atoms with Crippen LogP contribution in [0.4, 0.5) is 4.39 Å². The van der Waals surface area contributed by atoms with Crippen LogP contribution in [0.5, 0.6) is 0 Å². The van der Waals surface area contributed by atoms with Crippen LogP contribution in [0.1, 0.15) is 150 Å². The number of hydrogen-bond acceptors (Lipinski definition) is 3. The monoisotopic (exact) mass is 474 g/mol. The van der Waals surface area contributed by atoms with E-state index < -0.39 is 15.6 Å². The Hall–Kier alpha value is 0.840. The van der Waals surface area contributed by atoms with Gasteiger partial charge in [-0.15, -0.1) is 0 Å². The predicted octanol–water partition coefficient (Wildman–Crippen LogP) is 5.98. The Morgan fingerprint density at radius 3 is 1.32 bits per heavy atom. The zero-order chi connectivity index (χ0) is 22.3. The first kappa shape index (κ1) is 34.0. The van der Waals surface area contributed by atoms with Gasteiger partial charge >= 0.3 is 29.6 Å². The Kier molecular flexibility index (Phi) is 27.9. The van der Waals surface area contributed by atoms with Crippen LogP contribution in [0, 0.1) is 0 Å². The first-order valence-electron chi connectivity index (χ1n) is 13.1. The molecular weight excluding hydrogens is 422 g/mol. The summed E-state index contributed by atoms with van der Waals surface area (Å²) in [6, 6.07) is 0. The smallest absolute Gasteiger partial charge is 1.00 e. The zero-order valence-corrected chi connectivity index (χ0v) is 24.0. The molecule has 0 aromatic carbocycles. The quantitative estimate of drug-likeness (QED) is 0.0982. The van der Waals surface area contributed by atoms with Crippen molar-refractivity contribution >= 4 is 10.1 Å². The number of alkyl halides is 1. The normalized spacial score (nSPS) is 12.6. The minimum Gasteiger partial charge on any atom is -1.00 e. The van der Waals surface area contributed by atoms with E-state index in [9.17, 15) is 12.8 Å². The summed E-state index contributed by atoms with van der Waals surface area (Å²) >= 11 is 0. The molecule has 0 amide bonds. The molecule has 31 heavy (non-hydrogen) atoms. The molecule has 0 saturated heterocycles. The first-order chi connectivity index (χ1) is 14.5. The number of rotatable bonds is 24. The van der Waals surface area contributed by atoms with Crippen molar-refractivity contribution < 1.29 is 48.0 Å². The fourth-order valence-corrected chi connectivity index (χ4v) is 4.73. The van der Waals surface area contributed by atoms with Crippen LogP contribution < -0.4 is 29.6 Å². The Morgan fingerprint density at radius 2 is 0.935 bits per heavy atom. The van der Waals surface area contributed by atoms with E-state index in [-0.39, 0.29) is 44.0 Å². The second-order valence-corrected chi connectivity index (χ2v) is 10.6. The molecule has 0 N–H and O–H groups in total. The summed E-state index contributed by atoms with van der Waals surface area (Å²) in [4.78, 5) is 0. The molecule has 1 unspecified atom stereocenters. The van der Waals surface area contributed by atoms with E-state index in [4.69, 9.17) is 4.18 Å². The molecule has 0 spiro atoms. The SMILES string of the molecule is CCCCCCCCCCCCCCOS(=O)(=O)C(F)CCCCCCCCCC.[H-].[Na+]. The second-order valence-electron chi connectivity index (χ2n) is 8.88. The van der Waals surface area contributed by atoms with Gasteiger partial charge in [-0.2, -0.15) is 8.42 Å². The summed E-state index contributed by atoms with van der Waals surface area (Å²) in [6.07, 6.45) is 23.5. The average Bonchev–Trinajstić information content (AvgIpc) is 2.73. The van der Waals surface area contributed by atoms with Gasteiger partial charge in [-0.25, -0.2) is 4.39 Å². The van der Waals surface area contributed by atoms with Crippen LogP contribution in [0.15, 0.2) is 0 Å². The van der Waals surface area contributed by atoms with Gasteiger partial charge in [-0.1, -0.05) is 129 Å². The van der Waals surface area contributed by atoms with Gasteiger partial charge in [0.1, 0.15) is 0 Å². The third-order valence-corrected chi connectivity index (χ3v) is 7.20. The van der Waals surface area contributed by atoms with Gasteiger partial charge in [0.15, 0.2) is 0 Å². The van der Waals surface area contributed by atoms with Crippen molar-refractivity contribution in [2.45, 2.75) is 154 Å². The minimum absolute atomic E-state index is 0.